The average Bonchev–Trinajstić information content (AvgIpc) is 2.52. The van der Waals surface area contributed by atoms with Crippen LogP contribution in [0.3, 0.4) is 0 Å². The summed E-state index contributed by atoms with van der Waals surface area (Å²) >= 11 is 0. The van der Waals surface area contributed by atoms with Gasteiger partial charge < -0.3 is 9.73 Å². The van der Waals surface area contributed by atoms with E-state index in [2.05, 4.69) is 5.32 Å². The molecule has 18 heavy (non-hydrogen) atoms. The van der Waals surface area contributed by atoms with Gasteiger partial charge in [-0.25, -0.2) is 8.42 Å². The molecule has 0 radical (unpaired) electrons. The van der Waals surface area contributed by atoms with Gasteiger partial charge in [0.1, 0.15) is 11.5 Å². The molecule has 0 saturated heterocycles. The van der Waals surface area contributed by atoms with Gasteiger partial charge in [-0.3, -0.25) is 0 Å². The van der Waals surface area contributed by atoms with Gasteiger partial charge in [-0.1, -0.05) is 6.92 Å². The Morgan fingerprint density at radius 3 is 2.28 bits per heavy atom. The monoisotopic (exact) mass is 273 g/mol. The summed E-state index contributed by atoms with van der Waals surface area (Å²) in [6.07, 6.45) is 1.28. The third-order valence-corrected chi connectivity index (χ3v) is 5.60. The lowest BCUT2D eigenvalue weighted by Gasteiger charge is -2.33. The fraction of sp³-hybridized carbons (Fsp3) is 0.692. The molecule has 1 heterocycles. The molecule has 1 aromatic heterocycles. The molecule has 0 saturated carbocycles. The normalized spacial score (nSPS) is 14.8. The summed E-state index contributed by atoms with van der Waals surface area (Å²) in [6.45, 7) is 9.90. The molecule has 5 heteroatoms. The highest BCUT2D eigenvalue weighted by atomic mass is 32.2. The van der Waals surface area contributed by atoms with Crippen molar-refractivity contribution in [3.8, 4) is 0 Å². The van der Waals surface area contributed by atoms with E-state index in [0.29, 0.717) is 6.54 Å². The van der Waals surface area contributed by atoms with Crippen LogP contribution in [0.25, 0.3) is 0 Å². The van der Waals surface area contributed by atoms with Crippen molar-refractivity contribution in [3.63, 3.8) is 0 Å². The Morgan fingerprint density at radius 2 is 1.94 bits per heavy atom. The van der Waals surface area contributed by atoms with Crippen LogP contribution < -0.4 is 5.32 Å². The third kappa shape index (κ3) is 2.78. The topological polar surface area (TPSA) is 59.3 Å². The number of sulfone groups is 1. The van der Waals surface area contributed by atoms with Crippen molar-refractivity contribution < 1.29 is 12.8 Å². The molecule has 0 amide bonds. The predicted octanol–water partition coefficient (Wildman–Crippen LogP) is 2.37. The number of furan rings is 1. The maximum Gasteiger partial charge on any atom is 0.154 e. The Balaban J connectivity index is 3.31. The number of hydrogen-bond acceptors (Lipinski definition) is 4. The summed E-state index contributed by atoms with van der Waals surface area (Å²) in [4.78, 5) is 0. The summed E-state index contributed by atoms with van der Waals surface area (Å²) in [6, 6.07) is 1.64. The van der Waals surface area contributed by atoms with Gasteiger partial charge in [0.25, 0.3) is 0 Å². The van der Waals surface area contributed by atoms with Crippen molar-refractivity contribution in [2.75, 3.05) is 12.8 Å². The van der Waals surface area contributed by atoms with Crippen molar-refractivity contribution in [2.45, 2.75) is 45.4 Å². The van der Waals surface area contributed by atoms with Crippen LogP contribution in [0.15, 0.2) is 10.5 Å². The predicted molar refractivity (Wildman–Crippen MR) is 73.5 cm³/mol. The van der Waals surface area contributed by atoms with E-state index < -0.39 is 14.6 Å². The molecule has 1 aromatic rings. The van der Waals surface area contributed by atoms with E-state index in [-0.39, 0.29) is 6.04 Å². The van der Waals surface area contributed by atoms with E-state index in [1.165, 1.54) is 6.26 Å². The highest BCUT2D eigenvalue weighted by Crippen LogP contribution is 2.35. The Kier molecular flexibility index (Phi) is 4.28. The van der Waals surface area contributed by atoms with Crippen LogP contribution in [0.4, 0.5) is 0 Å². The van der Waals surface area contributed by atoms with E-state index in [1.54, 1.807) is 13.8 Å². The molecule has 0 fully saturated rings. The van der Waals surface area contributed by atoms with E-state index in [1.807, 2.05) is 26.8 Å². The summed E-state index contributed by atoms with van der Waals surface area (Å²) in [5.74, 6) is 1.57. The largest absolute Gasteiger partial charge is 0.466 e. The van der Waals surface area contributed by atoms with Crippen LogP contribution >= 0.6 is 0 Å². The number of hydrogen-bond donors (Lipinski definition) is 1. The zero-order valence-corrected chi connectivity index (χ0v) is 12.8. The van der Waals surface area contributed by atoms with Crippen LogP contribution in [0.1, 0.15) is 43.9 Å². The van der Waals surface area contributed by atoms with Gasteiger partial charge in [0, 0.05) is 11.8 Å². The number of nitrogens with one attached hydrogen (secondary N) is 1. The first-order chi connectivity index (χ1) is 8.11. The van der Waals surface area contributed by atoms with Crippen LogP contribution in [0.5, 0.6) is 0 Å². The Labute approximate surface area is 110 Å². The van der Waals surface area contributed by atoms with E-state index in [4.69, 9.17) is 4.42 Å². The Hall–Kier alpha value is -0.810. The van der Waals surface area contributed by atoms with E-state index >= 15 is 0 Å². The zero-order chi connectivity index (χ0) is 14.1. The van der Waals surface area contributed by atoms with Crippen molar-refractivity contribution in [2.24, 2.45) is 0 Å². The minimum atomic E-state index is -3.18. The molecular weight excluding hydrogens is 250 g/mol. The summed E-state index contributed by atoms with van der Waals surface area (Å²) < 4.78 is 28.6. The maximum atomic E-state index is 12.0. The lowest BCUT2D eigenvalue weighted by molar-refractivity contribution is 0.418. The minimum absolute atomic E-state index is 0.269. The average molecular weight is 273 g/mol. The van der Waals surface area contributed by atoms with Crippen molar-refractivity contribution >= 4 is 9.84 Å². The van der Waals surface area contributed by atoms with Crippen LogP contribution in [-0.4, -0.2) is 26.0 Å². The fourth-order valence-electron chi connectivity index (χ4n) is 2.09. The molecule has 4 nitrogen and oxygen atoms in total. The lowest BCUT2D eigenvalue weighted by Crippen LogP contribution is -2.45. The Bertz CT molecular complexity index is 514. The smallest absolute Gasteiger partial charge is 0.154 e. The van der Waals surface area contributed by atoms with Gasteiger partial charge in [-0.15, -0.1) is 0 Å². The maximum absolute atomic E-state index is 12.0. The van der Waals surface area contributed by atoms with Crippen molar-refractivity contribution in [1.29, 1.82) is 0 Å². The van der Waals surface area contributed by atoms with Crippen molar-refractivity contribution in [3.05, 3.63) is 23.2 Å². The van der Waals surface area contributed by atoms with Crippen LogP contribution in [0.2, 0.25) is 0 Å². The van der Waals surface area contributed by atoms with Gasteiger partial charge >= 0.3 is 0 Å². The van der Waals surface area contributed by atoms with Gasteiger partial charge in [0.05, 0.1) is 10.8 Å². The molecule has 104 valence electrons. The SMILES string of the molecule is CCNC(c1cc(C)oc1C)C(C)(C)S(C)(=O)=O. The highest BCUT2D eigenvalue weighted by molar-refractivity contribution is 7.92. The van der Waals surface area contributed by atoms with Gasteiger partial charge in [-0.05, 0) is 40.3 Å². The second-order valence-electron chi connectivity index (χ2n) is 5.23. The molecular formula is C13H23NO3S. The zero-order valence-electron chi connectivity index (χ0n) is 12.0. The molecule has 1 atom stereocenters. The number of rotatable bonds is 5. The minimum Gasteiger partial charge on any atom is -0.466 e. The first-order valence-electron chi connectivity index (χ1n) is 6.11. The number of aryl methyl sites for hydroxylation is 2. The second kappa shape index (κ2) is 5.05. The Morgan fingerprint density at radius 1 is 1.39 bits per heavy atom. The fourth-order valence-corrected chi connectivity index (χ4v) is 2.72. The van der Waals surface area contributed by atoms with Gasteiger partial charge in [0.15, 0.2) is 9.84 Å². The molecule has 1 rings (SSSR count). The van der Waals surface area contributed by atoms with Crippen molar-refractivity contribution in [1.82, 2.24) is 5.32 Å². The van der Waals surface area contributed by atoms with E-state index in [0.717, 1.165) is 17.1 Å². The third-order valence-electron chi connectivity index (χ3n) is 3.45. The molecule has 0 bridgehead atoms. The molecule has 1 N–H and O–H groups in total. The molecule has 0 aromatic carbocycles. The second-order valence-corrected chi connectivity index (χ2v) is 7.83. The summed E-state index contributed by atoms with van der Waals surface area (Å²) in [5, 5.41) is 3.26. The molecule has 0 aliphatic carbocycles. The van der Waals surface area contributed by atoms with E-state index in [9.17, 15) is 8.42 Å². The molecule has 0 aliphatic rings. The first kappa shape index (κ1) is 15.2. The summed E-state index contributed by atoms with van der Waals surface area (Å²) in [7, 11) is -3.18. The van der Waals surface area contributed by atoms with Crippen LogP contribution in [0, 0.1) is 13.8 Å². The van der Waals surface area contributed by atoms with Gasteiger partial charge in [0.2, 0.25) is 0 Å². The van der Waals surface area contributed by atoms with Crippen LogP contribution in [-0.2, 0) is 9.84 Å². The standard InChI is InChI=1S/C13H23NO3S/c1-7-14-12(13(4,5)18(6,15)16)11-8-9(2)17-10(11)3/h8,12,14H,7H2,1-6H3. The van der Waals surface area contributed by atoms with Gasteiger partial charge in [-0.2, -0.15) is 0 Å². The molecule has 1 unspecified atom stereocenters. The highest BCUT2D eigenvalue weighted by Gasteiger charge is 2.40. The quantitative estimate of drug-likeness (QED) is 0.894. The lowest BCUT2D eigenvalue weighted by atomic mass is 9.95. The molecule has 0 aliphatic heterocycles. The molecule has 0 spiro atoms. The first-order valence-corrected chi connectivity index (χ1v) is 8.00. The summed E-state index contributed by atoms with van der Waals surface area (Å²) in [5.41, 5.74) is 0.921.